The van der Waals surface area contributed by atoms with Crippen LogP contribution in [-0.4, -0.2) is 14.5 Å². The molecule has 50 valence electrons. The Hall–Kier alpha value is 0.420. The van der Waals surface area contributed by atoms with Crippen molar-refractivity contribution in [2.75, 3.05) is 5.75 Å². The lowest BCUT2D eigenvalue weighted by Crippen LogP contribution is -1.86. The fourth-order valence-electron chi connectivity index (χ4n) is 0.159. The van der Waals surface area contributed by atoms with Crippen molar-refractivity contribution in [3.63, 3.8) is 0 Å². The lowest BCUT2D eigenvalue weighted by atomic mass is 10.6. The van der Waals surface area contributed by atoms with Crippen LogP contribution in [-0.2, 0) is 15.0 Å². The molecular formula is C3H8O3S2. The monoisotopic (exact) mass is 156 g/mol. The fraction of sp³-hybridized carbons (Fsp3) is 1.00. The SMILES string of the molecule is CCCSOS(=O)O. The number of rotatable bonds is 4. The molecule has 0 rings (SSSR count). The third-order valence-corrected chi connectivity index (χ3v) is 1.82. The quantitative estimate of drug-likeness (QED) is 0.377. The summed E-state index contributed by atoms with van der Waals surface area (Å²) < 4.78 is 22.0. The Kier molecular flexibility index (Phi) is 5.85. The molecule has 0 saturated heterocycles. The standard InChI is InChI=1S/C3H8O3S2/c1-2-3-7-6-8(4)5/h2-3H2,1H3,(H,4,5). The summed E-state index contributed by atoms with van der Waals surface area (Å²) in [4.78, 5) is 0. The Morgan fingerprint density at radius 2 is 2.50 bits per heavy atom. The van der Waals surface area contributed by atoms with E-state index in [9.17, 15) is 4.21 Å². The van der Waals surface area contributed by atoms with E-state index in [2.05, 4.69) is 3.63 Å². The number of hydrogen-bond donors (Lipinski definition) is 1. The first-order valence-electron chi connectivity index (χ1n) is 2.18. The Bertz CT molecular complexity index is 74.9. The molecule has 0 spiro atoms. The maximum atomic E-state index is 9.74. The summed E-state index contributed by atoms with van der Waals surface area (Å²) in [5, 5.41) is 0. The highest BCUT2D eigenvalue weighted by atomic mass is 32.3. The average Bonchev–Trinajstić information content (AvgIpc) is 1.66. The van der Waals surface area contributed by atoms with E-state index in [4.69, 9.17) is 4.55 Å². The van der Waals surface area contributed by atoms with Gasteiger partial charge >= 0.3 is 11.4 Å². The molecule has 5 heteroatoms. The van der Waals surface area contributed by atoms with Crippen LogP contribution in [0, 0.1) is 0 Å². The summed E-state index contributed by atoms with van der Waals surface area (Å²) in [5.41, 5.74) is 0. The third kappa shape index (κ3) is 6.42. The Labute approximate surface area is 55.5 Å². The van der Waals surface area contributed by atoms with Crippen molar-refractivity contribution in [1.29, 1.82) is 0 Å². The maximum absolute atomic E-state index is 9.74. The van der Waals surface area contributed by atoms with Crippen LogP contribution in [0.5, 0.6) is 0 Å². The molecule has 0 aromatic heterocycles. The van der Waals surface area contributed by atoms with Crippen molar-refractivity contribution in [1.82, 2.24) is 0 Å². The molecule has 0 aliphatic rings. The smallest absolute Gasteiger partial charge is 0.283 e. The Balaban J connectivity index is 2.82. The molecule has 1 unspecified atom stereocenters. The van der Waals surface area contributed by atoms with Crippen LogP contribution in [0.2, 0.25) is 0 Å². The van der Waals surface area contributed by atoms with Gasteiger partial charge in [-0.25, -0.2) is 0 Å². The average molecular weight is 156 g/mol. The van der Waals surface area contributed by atoms with Crippen LogP contribution in [0.25, 0.3) is 0 Å². The molecule has 8 heavy (non-hydrogen) atoms. The third-order valence-electron chi connectivity index (χ3n) is 0.394. The minimum absolute atomic E-state index is 0.756. The van der Waals surface area contributed by atoms with Gasteiger partial charge in [-0.15, -0.1) is 0 Å². The van der Waals surface area contributed by atoms with Gasteiger partial charge in [-0.3, -0.25) is 4.55 Å². The highest BCUT2D eigenvalue weighted by molar-refractivity contribution is 8.01. The van der Waals surface area contributed by atoms with Crippen molar-refractivity contribution in [3.8, 4) is 0 Å². The second kappa shape index (κ2) is 5.55. The molecule has 0 aromatic rings. The molecule has 1 N–H and O–H groups in total. The first-order chi connectivity index (χ1) is 3.77. The maximum Gasteiger partial charge on any atom is 0.313 e. The molecule has 0 saturated carbocycles. The van der Waals surface area contributed by atoms with Crippen LogP contribution in [0.3, 0.4) is 0 Å². The van der Waals surface area contributed by atoms with Crippen molar-refractivity contribution in [3.05, 3.63) is 0 Å². The van der Waals surface area contributed by atoms with Gasteiger partial charge in [-0.05, 0) is 6.42 Å². The van der Waals surface area contributed by atoms with Gasteiger partial charge in [0.1, 0.15) is 0 Å². The Morgan fingerprint density at radius 3 is 2.88 bits per heavy atom. The van der Waals surface area contributed by atoms with E-state index < -0.39 is 11.4 Å². The molecule has 0 heterocycles. The van der Waals surface area contributed by atoms with Gasteiger partial charge in [-0.1, -0.05) is 6.92 Å². The van der Waals surface area contributed by atoms with Crippen LogP contribution in [0.15, 0.2) is 0 Å². The second-order valence-electron chi connectivity index (χ2n) is 1.11. The van der Waals surface area contributed by atoms with Crippen molar-refractivity contribution in [2.45, 2.75) is 13.3 Å². The van der Waals surface area contributed by atoms with Gasteiger partial charge in [0, 0.05) is 17.8 Å². The zero-order valence-electron chi connectivity index (χ0n) is 4.49. The molecule has 3 nitrogen and oxygen atoms in total. The molecule has 0 amide bonds. The lowest BCUT2D eigenvalue weighted by molar-refractivity contribution is 0.486. The van der Waals surface area contributed by atoms with E-state index >= 15 is 0 Å². The summed E-state index contributed by atoms with van der Waals surface area (Å²) in [5.74, 6) is 0.756. The van der Waals surface area contributed by atoms with Gasteiger partial charge in [0.2, 0.25) is 0 Å². The first-order valence-corrected chi connectivity index (χ1v) is 4.12. The van der Waals surface area contributed by atoms with E-state index in [0.29, 0.717) is 0 Å². The zero-order chi connectivity index (χ0) is 6.41. The predicted octanol–water partition coefficient (Wildman–Crippen LogP) is 1.20. The molecule has 0 aliphatic carbocycles. The van der Waals surface area contributed by atoms with Gasteiger partial charge < -0.3 is 0 Å². The summed E-state index contributed by atoms with van der Waals surface area (Å²) in [6, 6.07) is 0. The van der Waals surface area contributed by atoms with E-state index in [1.807, 2.05) is 6.92 Å². The van der Waals surface area contributed by atoms with Crippen LogP contribution in [0.4, 0.5) is 0 Å². The summed E-state index contributed by atoms with van der Waals surface area (Å²) in [7, 11) is 0. The summed E-state index contributed by atoms with van der Waals surface area (Å²) >= 11 is -1.09. The lowest BCUT2D eigenvalue weighted by Gasteiger charge is -1.90. The van der Waals surface area contributed by atoms with Gasteiger partial charge in [-0.2, -0.15) is 7.84 Å². The fourth-order valence-corrected chi connectivity index (χ4v) is 0.927. The minimum Gasteiger partial charge on any atom is -0.283 e. The van der Waals surface area contributed by atoms with E-state index in [1.54, 1.807) is 0 Å². The van der Waals surface area contributed by atoms with Crippen LogP contribution < -0.4 is 0 Å². The zero-order valence-corrected chi connectivity index (χ0v) is 6.13. The van der Waals surface area contributed by atoms with Gasteiger partial charge in [0.05, 0.1) is 0 Å². The molecular weight excluding hydrogens is 148 g/mol. The highest BCUT2D eigenvalue weighted by Gasteiger charge is 1.90. The van der Waals surface area contributed by atoms with E-state index in [-0.39, 0.29) is 0 Å². The number of hydrogen-bond acceptors (Lipinski definition) is 3. The summed E-state index contributed by atoms with van der Waals surface area (Å²) in [6.45, 7) is 1.97. The van der Waals surface area contributed by atoms with E-state index in [0.717, 1.165) is 24.2 Å². The van der Waals surface area contributed by atoms with E-state index in [1.165, 1.54) is 0 Å². The van der Waals surface area contributed by atoms with Crippen LogP contribution in [0.1, 0.15) is 13.3 Å². The predicted molar refractivity (Wildman–Crippen MR) is 34.6 cm³/mol. The molecule has 1 atom stereocenters. The highest BCUT2D eigenvalue weighted by Crippen LogP contribution is 2.04. The van der Waals surface area contributed by atoms with Gasteiger partial charge in [0.15, 0.2) is 0 Å². The summed E-state index contributed by atoms with van der Waals surface area (Å²) in [6.07, 6.45) is 0.946. The minimum atomic E-state index is -2.10. The normalized spacial score (nSPS) is 13.8. The van der Waals surface area contributed by atoms with Gasteiger partial charge in [0.25, 0.3) is 0 Å². The van der Waals surface area contributed by atoms with Crippen molar-refractivity contribution < 1.29 is 12.4 Å². The molecule has 0 bridgehead atoms. The Morgan fingerprint density at radius 1 is 1.88 bits per heavy atom. The van der Waals surface area contributed by atoms with Crippen LogP contribution >= 0.6 is 12.0 Å². The largest absolute Gasteiger partial charge is 0.313 e. The molecule has 0 fully saturated rings. The first kappa shape index (κ1) is 8.42. The van der Waals surface area contributed by atoms with Crippen molar-refractivity contribution in [2.24, 2.45) is 0 Å². The second-order valence-corrected chi connectivity index (χ2v) is 2.73. The molecule has 0 radical (unpaired) electrons. The topological polar surface area (TPSA) is 46.5 Å². The molecule has 0 aromatic carbocycles. The molecule has 0 aliphatic heterocycles. The van der Waals surface area contributed by atoms with Crippen molar-refractivity contribution >= 4 is 23.4 Å².